The zero-order valence-electron chi connectivity index (χ0n) is 5.78. The zero-order valence-corrected chi connectivity index (χ0v) is 8.18. The second kappa shape index (κ2) is 5.12. The van der Waals surface area contributed by atoms with Gasteiger partial charge in [0.05, 0.1) is 3.81 Å². The Morgan fingerprint density at radius 3 is 2.67 bits per heavy atom. The Kier molecular flexibility index (Phi) is 5.30. The van der Waals surface area contributed by atoms with E-state index in [1.165, 1.54) is 0 Å². The average Bonchev–Trinajstić information content (AvgIpc) is 1.63. The highest BCUT2D eigenvalue weighted by atomic mass is 79.9. The molecule has 0 aromatic heterocycles. The first-order valence-electron chi connectivity index (χ1n) is 2.85. The summed E-state index contributed by atoms with van der Waals surface area (Å²) in [4.78, 5) is 1.12. The lowest BCUT2D eigenvalue weighted by Gasteiger charge is -1.94. The number of thioether (sulfide) groups is 1. The van der Waals surface area contributed by atoms with Crippen LogP contribution in [0.5, 0.6) is 0 Å². The third-order valence-electron chi connectivity index (χ3n) is 0.636. The molecule has 0 nitrogen and oxygen atoms in total. The monoisotopic (exact) mass is 206 g/mol. The molecule has 0 amide bonds. The maximum atomic E-state index is 3.77. The second-order valence-corrected chi connectivity index (χ2v) is 4.44. The summed E-state index contributed by atoms with van der Waals surface area (Å²) in [7, 11) is 0. The lowest BCUT2D eigenvalue weighted by molar-refractivity contribution is 1.23. The van der Waals surface area contributed by atoms with Crippen molar-refractivity contribution in [2.45, 2.75) is 20.3 Å². The summed E-state index contributed by atoms with van der Waals surface area (Å²) in [6.45, 7) is 7.88. The molecule has 9 heavy (non-hydrogen) atoms. The average molecular weight is 207 g/mol. The SMILES string of the molecule is C=C(C)S/C(Br)=C\CC. The van der Waals surface area contributed by atoms with Gasteiger partial charge in [-0.25, -0.2) is 0 Å². The highest BCUT2D eigenvalue weighted by molar-refractivity contribution is 9.14. The molecule has 0 radical (unpaired) electrons. The van der Waals surface area contributed by atoms with Crippen LogP contribution in [-0.2, 0) is 0 Å². The van der Waals surface area contributed by atoms with Gasteiger partial charge in [0.1, 0.15) is 0 Å². The van der Waals surface area contributed by atoms with Crippen molar-refractivity contribution in [2.24, 2.45) is 0 Å². The van der Waals surface area contributed by atoms with Crippen molar-refractivity contribution in [3.8, 4) is 0 Å². The highest BCUT2D eigenvalue weighted by Crippen LogP contribution is 2.28. The molecule has 0 fully saturated rings. The molecule has 0 spiro atoms. The highest BCUT2D eigenvalue weighted by Gasteiger charge is 1.89. The van der Waals surface area contributed by atoms with E-state index in [9.17, 15) is 0 Å². The maximum absolute atomic E-state index is 3.77. The zero-order chi connectivity index (χ0) is 7.28. The minimum absolute atomic E-state index is 1.07. The molecule has 0 aromatic rings. The van der Waals surface area contributed by atoms with Crippen LogP contribution < -0.4 is 0 Å². The van der Waals surface area contributed by atoms with Crippen molar-refractivity contribution in [1.82, 2.24) is 0 Å². The second-order valence-electron chi connectivity index (χ2n) is 1.72. The van der Waals surface area contributed by atoms with E-state index < -0.39 is 0 Å². The predicted octanol–water partition coefficient (Wildman–Crippen LogP) is 3.90. The molecule has 2 heteroatoms. The summed E-state index contributed by atoms with van der Waals surface area (Å²) in [5.41, 5.74) is 0. The van der Waals surface area contributed by atoms with E-state index >= 15 is 0 Å². The van der Waals surface area contributed by atoms with Crippen LogP contribution in [0.1, 0.15) is 20.3 Å². The van der Waals surface area contributed by atoms with Crippen LogP contribution in [0.3, 0.4) is 0 Å². The molecule has 52 valence electrons. The fourth-order valence-corrected chi connectivity index (χ4v) is 2.10. The van der Waals surface area contributed by atoms with E-state index in [0.717, 1.165) is 15.1 Å². The number of allylic oxidation sites excluding steroid dienone is 2. The summed E-state index contributed by atoms with van der Waals surface area (Å²) in [5, 5.41) is 0. The minimum Gasteiger partial charge on any atom is -0.0894 e. The van der Waals surface area contributed by atoms with E-state index in [2.05, 4.69) is 35.5 Å². The number of halogens is 1. The van der Waals surface area contributed by atoms with Crippen molar-refractivity contribution < 1.29 is 0 Å². The van der Waals surface area contributed by atoms with Crippen molar-refractivity contribution >= 4 is 27.7 Å². The van der Waals surface area contributed by atoms with Crippen molar-refractivity contribution in [3.63, 3.8) is 0 Å². The van der Waals surface area contributed by atoms with Gasteiger partial charge in [-0.3, -0.25) is 0 Å². The molecule has 0 saturated heterocycles. The Balaban J connectivity index is 3.62. The fourth-order valence-electron chi connectivity index (χ4n) is 0.369. The molecule has 0 aliphatic heterocycles. The summed E-state index contributed by atoms with van der Waals surface area (Å²) in [6, 6.07) is 0. The Labute approximate surface area is 69.5 Å². The van der Waals surface area contributed by atoms with Crippen LogP contribution >= 0.6 is 27.7 Å². The van der Waals surface area contributed by atoms with Gasteiger partial charge < -0.3 is 0 Å². The van der Waals surface area contributed by atoms with Gasteiger partial charge in [-0.2, -0.15) is 0 Å². The van der Waals surface area contributed by atoms with E-state index in [1.807, 2.05) is 6.92 Å². The van der Waals surface area contributed by atoms with Crippen LogP contribution in [0.4, 0.5) is 0 Å². The molecule has 0 unspecified atom stereocenters. The van der Waals surface area contributed by atoms with Crippen LogP contribution in [-0.4, -0.2) is 0 Å². The Hall–Kier alpha value is 0.310. The van der Waals surface area contributed by atoms with E-state index in [4.69, 9.17) is 0 Å². The number of hydrogen-bond acceptors (Lipinski definition) is 1. The molecule has 0 aliphatic carbocycles. The first-order valence-corrected chi connectivity index (χ1v) is 4.46. The van der Waals surface area contributed by atoms with Crippen LogP contribution in [0.25, 0.3) is 0 Å². The third kappa shape index (κ3) is 6.19. The standard InChI is InChI=1S/C7H11BrS/c1-4-5-7(8)9-6(2)3/h5H,2,4H2,1,3H3/b7-5-. The summed E-state index contributed by atoms with van der Waals surface area (Å²) in [5.74, 6) is 0. The molecule has 0 aliphatic rings. The van der Waals surface area contributed by atoms with Crippen molar-refractivity contribution in [1.29, 1.82) is 0 Å². The fraction of sp³-hybridized carbons (Fsp3) is 0.429. The Bertz CT molecular complexity index is 127. The van der Waals surface area contributed by atoms with Gasteiger partial charge in [-0.1, -0.05) is 31.3 Å². The minimum atomic E-state index is 1.07. The molecule has 0 aromatic carbocycles. The number of hydrogen-bond donors (Lipinski definition) is 0. The number of rotatable bonds is 3. The molecule has 0 bridgehead atoms. The molecular weight excluding hydrogens is 196 g/mol. The summed E-state index contributed by atoms with van der Waals surface area (Å²) in [6.07, 6.45) is 3.19. The third-order valence-corrected chi connectivity index (χ3v) is 2.16. The van der Waals surface area contributed by atoms with E-state index in [0.29, 0.717) is 0 Å². The van der Waals surface area contributed by atoms with Gasteiger partial charge in [0.2, 0.25) is 0 Å². The van der Waals surface area contributed by atoms with Gasteiger partial charge in [-0.05, 0) is 34.2 Å². The van der Waals surface area contributed by atoms with Crippen LogP contribution in [0.2, 0.25) is 0 Å². The van der Waals surface area contributed by atoms with Crippen molar-refractivity contribution in [3.05, 3.63) is 21.4 Å². The molecule has 0 saturated carbocycles. The first kappa shape index (κ1) is 9.31. The van der Waals surface area contributed by atoms with E-state index in [-0.39, 0.29) is 0 Å². The Morgan fingerprint density at radius 1 is 1.78 bits per heavy atom. The summed E-state index contributed by atoms with van der Waals surface area (Å²) < 4.78 is 1.16. The van der Waals surface area contributed by atoms with Gasteiger partial charge in [0.15, 0.2) is 0 Å². The van der Waals surface area contributed by atoms with Gasteiger partial charge >= 0.3 is 0 Å². The summed E-state index contributed by atoms with van der Waals surface area (Å²) >= 11 is 5.06. The molecule has 0 N–H and O–H groups in total. The first-order chi connectivity index (χ1) is 4.16. The van der Waals surface area contributed by atoms with Gasteiger partial charge in [-0.15, -0.1) is 0 Å². The quantitative estimate of drug-likeness (QED) is 0.676. The van der Waals surface area contributed by atoms with Gasteiger partial charge in [0, 0.05) is 0 Å². The molecule has 0 atom stereocenters. The normalized spacial score (nSPS) is 11.7. The topological polar surface area (TPSA) is 0 Å². The largest absolute Gasteiger partial charge is 0.0894 e. The van der Waals surface area contributed by atoms with Crippen molar-refractivity contribution in [2.75, 3.05) is 0 Å². The molecular formula is C7H11BrS. The maximum Gasteiger partial charge on any atom is 0.0507 e. The Morgan fingerprint density at radius 2 is 2.33 bits per heavy atom. The van der Waals surface area contributed by atoms with E-state index in [1.54, 1.807) is 11.8 Å². The smallest absolute Gasteiger partial charge is 0.0507 e. The van der Waals surface area contributed by atoms with Gasteiger partial charge in [0.25, 0.3) is 0 Å². The van der Waals surface area contributed by atoms with Crippen LogP contribution in [0, 0.1) is 0 Å². The molecule has 0 heterocycles. The van der Waals surface area contributed by atoms with Crippen LogP contribution in [0.15, 0.2) is 21.4 Å². The molecule has 0 rings (SSSR count). The lowest BCUT2D eigenvalue weighted by atomic mass is 10.5. The lowest BCUT2D eigenvalue weighted by Crippen LogP contribution is -1.62. The predicted molar refractivity (Wildman–Crippen MR) is 49.7 cm³/mol.